The molecule has 0 N–H and O–H groups in total. The van der Waals surface area contributed by atoms with Gasteiger partial charge in [0, 0.05) is 17.0 Å². The summed E-state index contributed by atoms with van der Waals surface area (Å²) >= 11 is 1.52. The number of aromatic nitrogens is 1. The minimum Gasteiger partial charge on any atom is -0.473 e. The van der Waals surface area contributed by atoms with Gasteiger partial charge in [0.05, 0.1) is 38.7 Å². The van der Waals surface area contributed by atoms with Crippen molar-refractivity contribution in [2.45, 2.75) is 58.1 Å². The average Bonchev–Trinajstić information content (AvgIpc) is 3.07. The average molecular weight is 395 g/mol. The van der Waals surface area contributed by atoms with Gasteiger partial charge in [-0.25, -0.2) is 9.78 Å². The zero-order valence-corrected chi connectivity index (χ0v) is 17.5. The normalized spacial score (nSPS) is 25.9. The molecule has 1 fully saturated rings. The number of aryl methyl sites for hydroxylation is 1. The first-order valence-electron chi connectivity index (χ1n) is 9.71. The molecule has 6 nitrogen and oxygen atoms in total. The van der Waals surface area contributed by atoms with Gasteiger partial charge in [0.2, 0.25) is 0 Å². The largest absolute Gasteiger partial charge is 0.473 e. The Bertz CT molecular complexity index is 680. The van der Waals surface area contributed by atoms with Crippen LogP contribution in [0, 0.1) is 12.8 Å². The van der Waals surface area contributed by atoms with Crippen molar-refractivity contribution in [2.24, 2.45) is 5.92 Å². The first-order valence-corrected chi connectivity index (χ1v) is 10.5. The van der Waals surface area contributed by atoms with Crippen molar-refractivity contribution in [3.05, 3.63) is 16.6 Å². The fraction of sp³-hybridized carbons (Fsp3) is 0.700. The number of hydrogen-bond donors (Lipinski definition) is 0. The van der Waals surface area contributed by atoms with Gasteiger partial charge in [-0.05, 0) is 44.9 Å². The second kappa shape index (κ2) is 9.06. The van der Waals surface area contributed by atoms with Gasteiger partial charge in [-0.3, -0.25) is 4.90 Å². The lowest BCUT2D eigenvalue weighted by atomic mass is 9.89. The molecular formula is C20H30N2O4S. The van der Waals surface area contributed by atoms with Crippen molar-refractivity contribution >= 4 is 23.0 Å². The van der Waals surface area contributed by atoms with Gasteiger partial charge in [-0.15, -0.1) is 0 Å². The van der Waals surface area contributed by atoms with Gasteiger partial charge in [0.15, 0.2) is 0 Å². The van der Waals surface area contributed by atoms with Crippen molar-refractivity contribution in [2.75, 3.05) is 27.4 Å². The van der Waals surface area contributed by atoms with Crippen LogP contribution in [0.4, 0.5) is 4.79 Å². The third kappa shape index (κ3) is 4.63. The summed E-state index contributed by atoms with van der Waals surface area (Å²) in [5.41, 5.74) is 1.93. The molecule has 1 unspecified atom stereocenters. The molecule has 1 atom stereocenters. The van der Waals surface area contributed by atoms with Crippen LogP contribution in [0.15, 0.2) is 6.08 Å². The highest BCUT2D eigenvalue weighted by Crippen LogP contribution is 2.35. The van der Waals surface area contributed by atoms with Gasteiger partial charge in [0.25, 0.3) is 5.19 Å². The zero-order chi connectivity index (χ0) is 19.4. The van der Waals surface area contributed by atoms with Gasteiger partial charge in [0.1, 0.15) is 0 Å². The quantitative estimate of drug-likeness (QED) is 0.746. The maximum absolute atomic E-state index is 12.4. The number of amides is 1. The fourth-order valence-electron chi connectivity index (χ4n) is 3.94. The molecule has 7 heteroatoms. The Morgan fingerprint density at radius 1 is 1.30 bits per heavy atom. The van der Waals surface area contributed by atoms with Gasteiger partial charge in [-0.2, -0.15) is 0 Å². The topological polar surface area (TPSA) is 60.9 Å². The number of carbonyl (C=O) groups excluding carboxylic acids is 1. The summed E-state index contributed by atoms with van der Waals surface area (Å²) in [5, 5.41) is 0.638. The summed E-state index contributed by atoms with van der Waals surface area (Å²) in [5.74, 6) is 0.784. The van der Waals surface area contributed by atoms with Crippen molar-refractivity contribution in [3.8, 4) is 5.19 Å². The maximum atomic E-state index is 12.4. The van der Waals surface area contributed by atoms with E-state index in [0.29, 0.717) is 18.3 Å². The summed E-state index contributed by atoms with van der Waals surface area (Å²) in [6.45, 7) is 5.44. The smallest absolute Gasteiger partial charge is 0.410 e. The van der Waals surface area contributed by atoms with Crippen LogP contribution in [0.1, 0.15) is 49.6 Å². The molecule has 2 heterocycles. The number of thiazole rings is 1. The number of hydrogen-bond acceptors (Lipinski definition) is 6. The number of carbonyl (C=O) groups is 1. The summed E-state index contributed by atoms with van der Waals surface area (Å²) < 4.78 is 16.6. The van der Waals surface area contributed by atoms with E-state index in [4.69, 9.17) is 14.2 Å². The predicted octanol–water partition coefficient (Wildman–Crippen LogP) is 4.28. The standard InChI is InChI=1S/C20H30N2O4S/c1-13-7-9-15(10-8-13)26-12-17-16(6-5-11-22(17)20(23)25-4)18-14(2)27-19(21-18)24-3/h6,13,15,17H,5,7-12H2,1-4H3. The molecule has 1 saturated carbocycles. The Kier molecular flexibility index (Phi) is 6.76. The molecule has 0 aromatic carbocycles. The minimum absolute atomic E-state index is 0.184. The van der Waals surface area contributed by atoms with E-state index in [2.05, 4.69) is 18.0 Å². The highest BCUT2D eigenvalue weighted by molar-refractivity contribution is 7.13. The van der Waals surface area contributed by atoms with Gasteiger partial charge < -0.3 is 14.2 Å². The Morgan fingerprint density at radius 3 is 2.67 bits per heavy atom. The van der Waals surface area contributed by atoms with Crippen molar-refractivity contribution in [3.63, 3.8) is 0 Å². The molecule has 1 amide bonds. The summed E-state index contributed by atoms with van der Waals surface area (Å²) in [6, 6.07) is -0.184. The van der Waals surface area contributed by atoms with E-state index in [1.54, 1.807) is 12.0 Å². The molecule has 2 aliphatic rings. The molecule has 0 bridgehead atoms. The third-order valence-electron chi connectivity index (χ3n) is 5.56. The van der Waals surface area contributed by atoms with Crippen molar-refractivity contribution < 1.29 is 19.0 Å². The number of nitrogens with zero attached hydrogens (tertiary/aromatic N) is 2. The van der Waals surface area contributed by atoms with Crippen LogP contribution in [0.2, 0.25) is 0 Å². The van der Waals surface area contributed by atoms with E-state index in [1.165, 1.54) is 31.3 Å². The zero-order valence-electron chi connectivity index (χ0n) is 16.7. The van der Waals surface area contributed by atoms with Crippen molar-refractivity contribution in [1.82, 2.24) is 9.88 Å². The van der Waals surface area contributed by atoms with E-state index >= 15 is 0 Å². The maximum Gasteiger partial charge on any atom is 0.410 e. The third-order valence-corrected chi connectivity index (χ3v) is 6.49. The lowest BCUT2D eigenvalue weighted by Gasteiger charge is -2.36. The molecule has 0 radical (unpaired) electrons. The molecule has 0 spiro atoms. The fourth-order valence-corrected chi connectivity index (χ4v) is 4.68. The predicted molar refractivity (Wildman–Crippen MR) is 106 cm³/mol. The van der Waals surface area contributed by atoms with Crippen LogP contribution in [-0.4, -0.2) is 55.5 Å². The molecule has 1 aliphatic carbocycles. The van der Waals surface area contributed by atoms with Gasteiger partial charge in [-0.1, -0.05) is 24.3 Å². The van der Waals surface area contributed by atoms with E-state index in [9.17, 15) is 4.79 Å². The minimum atomic E-state index is -0.314. The highest BCUT2D eigenvalue weighted by Gasteiger charge is 2.34. The van der Waals surface area contributed by atoms with Gasteiger partial charge >= 0.3 is 6.09 Å². The lowest BCUT2D eigenvalue weighted by Crippen LogP contribution is -2.47. The Labute approximate surface area is 165 Å². The second-order valence-electron chi connectivity index (χ2n) is 7.43. The van der Waals surface area contributed by atoms with Crippen LogP contribution >= 0.6 is 11.3 Å². The van der Waals surface area contributed by atoms with E-state index in [0.717, 1.165) is 41.3 Å². The van der Waals surface area contributed by atoms with E-state index < -0.39 is 0 Å². The Hall–Kier alpha value is -1.60. The Balaban J connectivity index is 1.80. The first-order chi connectivity index (χ1) is 13.0. The molecular weight excluding hydrogens is 364 g/mol. The number of methoxy groups -OCH3 is 2. The number of ether oxygens (including phenoxy) is 3. The Morgan fingerprint density at radius 2 is 2.04 bits per heavy atom. The molecule has 3 rings (SSSR count). The summed E-state index contributed by atoms with van der Waals surface area (Å²) in [4.78, 5) is 19.8. The SMILES string of the molecule is COC(=O)N1CCC=C(c2nc(OC)sc2C)C1COC1CCC(C)CC1. The van der Waals surface area contributed by atoms with Crippen LogP contribution in [0.3, 0.4) is 0 Å². The molecule has 1 aromatic heterocycles. The van der Waals surface area contributed by atoms with Crippen LogP contribution in [0.5, 0.6) is 5.19 Å². The molecule has 27 heavy (non-hydrogen) atoms. The lowest BCUT2D eigenvalue weighted by molar-refractivity contribution is -0.00330. The summed E-state index contributed by atoms with van der Waals surface area (Å²) in [7, 11) is 3.06. The molecule has 1 aliphatic heterocycles. The second-order valence-corrected chi connectivity index (χ2v) is 8.60. The summed E-state index contributed by atoms with van der Waals surface area (Å²) in [6.07, 6.45) is 7.52. The van der Waals surface area contributed by atoms with Crippen LogP contribution in [0.25, 0.3) is 5.57 Å². The van der Waals surface area contributed by atoms with Crippen LogP contribution < -0.4 is 4.74 Å². The molecule has 0 saturated heterocycles. The van der Waals surface area contributed by atoms with Crippen molar-refractivity contribution in [1.29, 1.82) is 0 Å². The highest BCUT2D eigenvalue weighted by atomic mass is 32.1. The monoisotopic (exact) mass is 394 g/mol. The van der Waals surface area contributed by atoms with E-state index in [1.807, 2.05) is 6.92 Å². The van der Waals surface area contributed by atoms with E-state index in [-0.39, 0.29) is 18.2 Å². The number of rotatable bonds is 5. The molecule has 150 valence electrons. The van der Waals surface area contributed by atoms with Crippen LogP contribution in [-0.2, 0) is 9.47 Å². The molecule has 1 aromatic rings. The first kappa shape index (κ1) is 20.1.